The van der Waals surface area contributed by atoms with Crippen LogP contribution in [0.4, 0.5) is 8.78 Å². The molecule has 0 bridgehead atoms. The van der Waals surface area contributed by atoms with Crippen LogP contribution in [0, 0.1) is 0 Å². The van der Waals surface area contributed by atoms with Crippen molar-refractivity contribution in [3.8, 4) is 0 Å². The summed E-state index contributed by atoms with van der Waals surface area (Å²) in [5, 5.41) is 0.152. The minimum atomic E-state index is -2.72. The highest BCUT2D eigenvalue weighted by Gasteiger charge is 2.22. The molecule has 0 unspecified atom stereocenters. The summed E-state index contributed by atoms with van der Waals surface area (Å²) in [6.45, 7) is 0. The Bertz CT molecular complexity index is 429. The van der Waals surface area contributed by atoms with E-state index in [0.717, 1.165) is 0 Å². The van der Waals surface area contributed by atoms with Crippen molar-refractivity contribution in [2.75, 3.05) is 7.11 Å². The fourth-order valence-electron chi connectivity index (χ4n) is 1.35. The Hall–Kier alpha value is -0.750. The van der Waals surface area contributed by atoms with Gasteiger partial charge in [0, 0.05) is 22.7 Å². The van der Waals surface area contributed by atoms with Crippen molar-refractivity contribution < 1.29 is 18.3 Å². The first-order valence-corrected chi connectivity index (χ1v) is 6.08. The molecule has 0 saturated carbocycles. The number of nitrogens with zero attached hydrogens (tertiary/aromatic N) is 1. The van der Waals surface area contributed by atoms with Crippen molar-refractivity contribution in [1.82, 2.24) is 4.98 Å². The van der Waals surface area contributed by atoms with Gasteiger partial charge < -0.3 is 4.74 Å². The number of ether oxygens (including phenoxy) is 1. The smallest absolute Gasteiger partial charge is 0.310 e. The van der Waals surface area contributed by atoms with Gasteiger partial charge in [0.25, 0.3) is 6.43 Å². The summed E-state index contributed by atoms with van der Waals surface area (Å²) in [7, 11) is 1.19. The molecule has 0 N–H and O–H groups in total. The molecule has 0 aromatic carbocycles. The Kier molecular flexibility index (Phi) is 5.27. The number of pyridine rings is 1. The van der Waals surface area contributed by atoms with Crippen molar-refractivity contribution in [2.24, 2.45) is 0 Å². The molecule has 94 valence electrons. The van der Waals surface area contributed by atoms with Crippen LogP contribution >= 0.6 is 27.5 Å². The largest absolute Gasteiger partial charge is 0.469 e. The summed E-state index contributed by atoms with van der Waals surface area (Å²) in [5.41, 5.74) is 0.0704. The third-order valence-electron chi connectivity index (χ3n) is 2.17. The zero-order valence-corrected chi connectivity index (χ0v) is 11.2. The Morgan fingerprint density at radius 1 is 1.65 bits per heavy atom. The highest BCUT2D eigenvalue weighted by atomic mass is 79.9. The van der Waals surface area contributed by atoms with Gasteiger partial charge in [-0.15, -0.1) is 0 Å². The van der Waals surface area contributed by atoms with Gasteiger partial charge in [0.15, 0.2) is 0 Å². The SMILES string of the molecule is COC(=O)Cc1cnc(Cl)c(CBr)c1C(F)F. The van der Waals surface area contributed by atoms with Crippen LogP contribution in [-0.2, 0) is 21.3 Å². The minimum absolute atomic E-state index is 0.00536. The van der Waals surface area contributed by atoms with Gasteiger partial charge in [-0.2, -0.15) is 0 Å². The van der Waals surface area contributed by atoms with Crippen molar-refractivity contribution in [2.45, 2.75) is 18.2 Å². The van der Waals surface area contributed by atoms with Crippen LogP contribution in [-0.4, -0.2) is 18.1 Å². The van der Waals surface area contributed by atoms with Crippen LogP contribution in [0.3, 0.4) is 0 Å². The van der Waals surface area contributed by atoms with Gasteiger partial charge in [-0.3, -0.25) is 4.79 Å². The van der Waals surface area contributed by atoms with E-state index in [-0.39, 0.29) is 33.6 Å². The van der Waals surface area contributed by atoms with E-state index < -0.39 is 12.4 Å². The zero-order valence-electron chi connectivity index (χ0n) is 8.84. The number of carbonyl (C=O) groups is 1. The average Bonchev–Trinajstić information content (AvgIpc) is 2.30. The lowest BCUT2D eigenvalue weighted by Crippen LogP contribution is -2.10. The maximum Gasteiger partial charge on any atom is 0.310 e. The lowest BCUT2D eigenvalue weighted by atomic mass is 10.0. The third kappa shape index (κ3) is 3.35. The Balaban J connectivity index is 3.25. The monoisotopic (exact) mass is 327 g/mol. The molecular weight excluding hydrogens is 319 g/mol. The van der Waals surface area contributed by atoms with Gasteiger partial charge >= 0.3 is 5.97 Å². The predicted octanol–water partition coefficient (Wildman–Crippen LogP) is 3.28. The molecule has 17 heavy (non-hydrogen) atoms. The molecule has 0 aliphatic heterocycles. The van der Waals surface area contributed by atoms with E-state index in [1.54, 1.807) is 0 Å². The normalized spacial score (nSPS) is 10.7. The van der Waals surface area contributed by atoms with Gasteiger partial charge in [0.05, 0.1) is 13.5 Å². The number of carbonyl (C=O) groups excluding carboxylic acids is 1. The van der Waals surface area contributed by atoms with Crippen LogP contribution in [0.25, 0.3) is 0 Å². The van der Waals surface area contributed by atoms with Crippen LogP contribution < -0.4 is 0 Å². The van der Waals surface area contributed by atoms with Crippen LogP contribution in [0.1, 0.15) is 23.1 Å². The van der Waals surface area contributed by atoms with Crippen LogP contribution in [0.15, 0.2) is 6.20 Å². The number of hydrogen-bond acceptors (Lipinski definition) is 3. The number of rotatable bonds is 4. The number of alkyl halides is 3. The second kappa shape index (κ2) is 6.26. The Morgan fingerprint density at radius 3 is 2.76 bits per heavy atom. The second-order valence-corrected chi connectivity index (χ2v) is 4.07. The lowest BCUT2D eigenvalue weighted by Gasteiger charge is -2.12. The molecule has 1 aromatic heterocycles. The van der Waals surface area contributed by atoms with E-state index in [0.29, 0.717) is 0 Å². The van der Waals surface area contributed by atoms with E-state index in [1.165, 1.54) is 13.3 Å². The van der Waals surface area contributed by atoms with Crippen molar-refractivity contribution in [3.63, 3.8) is 0 Å². The quantitative estimate of drug-likeness (QED) is 0.484. The summed E-state index contributed by atoms with van der Waals surface area (Å²) in [5.74, 6) is -0.600. The first-order valence-electron chi connectivity index (χ1n) is 4.58. The molecule has 0 fully saturated rings. The molecule has 1 heterocycles. The summed E-state index contributed by atoms with van der Waals surface area (Å²) in [6, 6.07) is 0. The van der Waals surface area contributed by atoms with Gasteiger partial charge in [-0.05, 0) is 5.56 Å². The number of methoxy groups -OCH3 is 1. The number of aromatic nitrogens is 1. The molecule has 0 saturated heterocycles. The standard InChI is InChI=1S/C10H9BrClF2NO2/c1-17-7(16)2-5-4-15-9(12)6(3-11)8(5)10(13)14/h4,10H,2-3H2,1H3. The fourth-order valence-corrected chi connectivity index (χ4v) is 2.30. The minimum Gasteiger partial charge on any atom is -0.469 e. The Morgan fingerprint density at radius 2 is 2.29 bits per heavy atom. The second-order valence-electron chi connectivity index (χ2n) is 3.15. The molecule has 0 spiro atoms. The molecule has 1 aromatic rings. The first kappa shape index (κ1) is 14.3. The maximum atomic E-state index is 13.0. The highest BCUT2D eigenvalue weighted by molar-refractivity contribution is 9.08. The average molecular weight is 329 g/mol. The summed E-state index contributed by atoms with van der Waals surface area (Å²) < 4.78 is 30.3. The van der Waals surface area contributed by atoms with Crippen molar-refractivity contribution >= 4 is 33.5 Å². The molecule has 3 nitrogen and oxygen atoms in total. The van der Waals surface area contributed by atoms with Gasteiger partial charge in [0.1, 0.15) is 5.15 Å². The topological polar surface area (TPSA) is 39.2 Å². The maximum absolute atomic E-state index is 13.0. The van der Waals surface area contributed by atoms with Crippen molar-refractivity contribution in [3.05, 3.63) is 28.0 Å². The number of halogens is 4. The number of esters is 1. The first-order chi connectivity index (χ1) is 8.01. The van der Waals surface area contributed by atoms with Crippen LogP contribution in [0.5, 0.6) is 0 Å². The molecule has 0 aliphatic rings. The molecular formula is C10H9BrClF2NO2. The fraction of sp³-hybridized carbons (Fsp3) is 0.400. The molecule has 7 heteroatoms. The summed E-state index contributed by atoms with van der Waals surface area (Å²) in [6.07, 6.45) is -1.80. The van der Waals surface area contributed by atoms with E-state index in [2.05, 4.69) is 25.7 Å². The van der Waals surface area contributed by atoms with E-state index in [9.17, 15) is 13.6 Å². The van der Waals surface area contributed by atoms with Gasteiger partial charge in [-0.25, -0.2) is 13.8 Å². The third-order valence-corrected chi connectivity index (χ3v) is 3.05. The molecule has 0 aliphatic carbocycles. The molecule has 0 amide bonds. The van der Waals surface area contributed by atoms with Crippen molar-refractivity contribution in [1.29, 1.82) is 0 Å². The molecule has 1 rings (SSSR count). The lowest BCUT2D eigenvalue weighted by molar-refractivity contribution is -0.139. The van der Waals surface area contributed by atoms with Gasteiger partial charge in [0.2, 0.25) is 0 Å². The zero-order chi connectivity index (χ0) is 13.0. The van der Waals surface area contributed by atoms with E-state index in [4.69, 9.17) is 11.6 Å². The molecule has 0 atom stereocenters. The van der Waals surface area contributed by atoms with Gasteiger partial charge in [-0.1, -0.05) is 27.5 Å². The summed E-state index contributed by atoms with van der Waals surface area (Å²) in [4.78, 5) is 14.9. The van der Waals surface area contributed by atoms with E-state index >= 15 is 0 Å². The Labute approximate surface area is 110 Å². The predicted molar refractivity (Wildman–Crippen MR) is 62.6 cm³/mol. The number of hydrogen-bond donors (Lipinski definition) is 0. The highest BCUT2D eigenvalue weighted by Crippen LogP contribution is 2.32. The molecule has 0 radical (unpaired) electrons. The summed E-state index contributed by atoms with van der Waals surface area (Å²) >= 11 is 8.80. The van der Waals surface area contributed by atoms with E-state index in [1.807, 2.05) is 0 Å². The van der Waals surface area contributed by atoms with Crippen LogP contribution in [0.2, 0.25) is 5.15 Å².